The third-order valence-electron chi connectivity index (χ3n) is 2.03. The fraction of sp³-hybridized carbons (Fsp3) is 0.900. The summed E-state index contributed by atoms with van der Waals surface area (Å²) in [6.07, 6.45) is -0.869. The van der Waals surface area contributed by atoms with Gasteiger partial charge in [0, 0.05) is 18.3 Å². The number of amides is 1. The molecule has 0 aliphatic rings. The van der Waals surface area contributed by atoms with E-state index < -0.39 is 13.0 Å². The van der Waals surface area contributed by atoms with Gasteiger partial charge in [-0.1, -0.05) is 6.92 Å². The van der Waals surface area contributed by atoms with Crippen molar-refractivity contribution in [3.63, 3.8) is 0 Å². The van der Waals surface area contributed by atoms with Crippen LogP contribution in [0, 0.1) is 0 Å². The van der Waals surface area contributed by atoms with Crippen molar-refractivity contribution in [3.8, 4) is 0 Å². The van der Waals surface area contributed by atoms with Crippen LogP contribution < -0.4 is 5.32 Å². The fourth-order valence-electron chi connectivity index (χ4n) is 1.15. The standard InChI is InChI=1S/C10H18ClF2NO2/c1-2-8(3-5-11)14-10(15)4-6-16-7-9(12)13/h8-9H,2-7H2,1H3,(H,14,15). The van der Waals surface area contributed by atoms with Gasteiger partial charge in [-0.2, -0.15) is 0 Å². The fourth-order valence-corrected chi connectivity index (χ4v) is 1.41. The molecule has 1 atom stereocenters. The van der Waals surface area contributed by atoms with Crippen LogP contribution in [0.1, 0.15) is 26.2 Å². The first kappa shape index (κ1) is 15.6. The number of halogens is 3. The van der Waals surface area contributed by atoms with Crippen LogP contribution in [0.5, 0.6) is 0 Å². The molecule has 1 unspecified atom stereocenters. The molecule has 0 heterocycles. The van der Waals surface area contributed by atoms with E-state index >= 15 is 0 Å². The molecule has 0 fully saturated rings. The maximum absolute atomic E-state index is 11.7. The van der Waals surface area contributed by atoms with Crippen molar-refractivity contribution in [2.45, 2.75) is 38.7 Å². The Morgan fingerprint density at radius 1 is 1.50 bits per heavy atom. The molecule has 0 saturated carbocycles. The molecule has 0 aliphatic heterocycles. The number of carbonyl (C=O) groups excluding carboxylic acids is 1. The Bertz CT molecular complexity index is 194. The van der Waals surface area contributed by atoms with Crippen LogP contribution in [0.3, 0.4) is 0 Å². The lowest BCUT2D eigenvalue weighted by molar-refractivity contribution is -0.123. The molecule has 6 heteroatoms. The summed E-state index contributed by atoms with van der Waals surface area (Å²) in [6.45, 7) is 1.35. The molecule has 0 aliphatic carbocycles. The molecule has 0 bridgehead atoms. The van der Waals surface area contributed by atoms with Gasteiger partial charge in [-0.3, -0.25) is 4.79 Å². The van der Waals surface area contributed by atoms with Crippen LogP contribution in [0.4, 0.5) is 8.78 Å². The zero-order valence-corrected chi connectivity index (χ0v) is 10.1. The first-order chi connectivity index (χ1) is 7.60. The topological polar surface area (TPSA) is 38.3 Å². The van der Waals surface area contributed by atoms with Crippen molar-refractivity contribution < 1.29 is 18.3 Å². The number of rotatable bonds is 9. The average molecular weight is 258 g/mol. The van der Waals surface area contributed by atoms with Gasteiger partial charge in [0.25, 0.3) is 6.43 Å². The monoisotopic (exact) mass is 257 g/mol. The van der Waals surface area contributed by atoms with E-state index in [4.69, 9.17) is 11.6 Å². The van der Waals surface area contributed by atoms with Crippen molar-refractivity contribution in [1.29, 1.82) is 0 Å². The van der Waals surface area contributed by atoms with Gasteiger partial charge < -0.3 is 10.1 Å². The van der Waals surface area contributed by atoms with Gasteiger partial charge in [-0.25, -0.2) is 8.78 Å². The number of hydrogen-bond acceptors (Lipinski definition) is 2. The van der Waals surface area contributed by atoms with Crippen LogP contribution in [0.25, 0.3) is 0 Å². The highest BCUT2D eigenvalue weighted by molar-refractivity contribution is 6.17. The highest BCUT2D eigenvalue weighted by atomic mass is 35.5. The molecule has 0 radical (unpaired) electrons. The van der Waals surface area contributed by atoms with Gasteiger partial charge in [-0.15, -0.1) is 11.6 Å². The maximum Gasteiger partial charge on any atom is 0.261 e. The van der Waals surface area contributed by atoms with E-state index in [1.807, 2.05) is 6.92 Å². The summed E-state index contributed by atoms with van der Waals surface area (Å²) in [6, 6.07) is 0.0556. The van der Waals surface area contributed by atoms with Gasteiger partial charge >= 0.3 is 0 Å². The van der Waals surface area contributed by atoms with E-state index in [2.05, 4.69) is 10.1 Å². The largest absolute Gasteiger partial charge is 0.375 e. The molecule has 96 valence electrons. The maximum atomic E-state index is 11.7. The highest BCUT2D eigenvalue weighted by Crippen LogP contribution is 2.00. The number of hydrogen-bond donors (Lipinski definition) is 1. The average Bonchev–Trinajstić information content (AvgIpc) is 2.23. The molecule has 0 aromatic rings. The number of alkyl halides is 3. The highest BCUT2D eigenvalue weighted by Gasteiger charge is 2.10. The smallest absolute Gasteiger partial charge is 0.261 e. The summed E-state index contributed by atoms with van der Waals surface area (Å²) in [5.74, 6) is 0.298. The number of ether oxygens (including phenoxy) is 1. The molecular weight excluding hydrogens is 240 g/mol. The second-order valence-corrected chi connectivity index (χ2v) is 3.74. The second-order valence-electron chi connectivity index (χ2n) is 3.37. The number of carbonyl (C=O) groups is 1. The van der Waals surface area contributed by atoms with Crippen molar-refractivity contribution in [2.24, 2.45) is 0 Å². The van der Waals surface area contributed by atoms with Gasteiger partial charge in [-0.05, 0) is 12.8 Å². The first-order valence-corrected chi connectivity index (χ1v) is 5.84. The second kappa shape index (κ2) is 9.78. The van der Waals surface area contributed by atoms with E-state index in [-0.39, 0.29) is 25.0 Å². The van der Waals surface area contributed by atoms with Gasteiger partial charge in [0.2, 0.25) is 5.91 Å². The van der Waals surface area contributed by atoms with Crippen LogP contribution in [0.2, 0.25) is 0 Å². The lowest BCUT2D eigenvalue weighted by Crippen LogP contribution is -2.35. The Labute approximate surface area is 99.5 Å². The lowest BCUT2D eigenvalue weighted by atomic mass is 10.1. The van der Waals surface area contributed by atoms with E-state index in [9.17, 15) is 13.6 Å². The third kappa shape index (κ3) is 8.85. The summed E-state index contributed by atoms with van der Waals surface area (Å²) in [4.78, 5) is 11.3. The first-order valence-electron chi connectivity index (χ1n) is 5.31. The summed E-state index contributed by atoms with van der Waals surface area (Å²) in [5, 5.41) is 2.76. The normalized spacial score (nSPS) is 12.8. The molecule has 0 spiro atoms. The summed E-state index contributed by atoms with van der Waals surface area (Å²) in [5.41, 5.74) is 0. The van der Waals surface area contributed by atoms with E-state index in [0.29, 0.717) is 12.3 Å². The molecule has 1 N–H and O–H groups in total. The van der Waals surface area contributed by atoms with Crippen LogP contribution >= 0.6 is 11.6 Å². The van der Waals surface area contributed by atoms with Gasteiger partial charge in [0.15, 0.2) is 0 Å². The molecule has 0 saturated heterocycles. The third-order valence-corrected chi connectivity index (χ3v) is 2.25. The quantitative estimate of drug-likeness (QED) is 0.508. The summed E-state index contributed by atoms with van der Waals surface area (Å²) < 4.78 is 28.0. The summed E-state index contributed by atoms with van der Waals surface area (Å²) >= 11 is 5.56. The van der Waals surface area contributed by atoms with Gasteiger partial charge in [0.05, 0.1) is 6.61 Å². The molecule has 16 heavy (non-hydrogen) atoms. The minimum atomic E-state index is -2.48. The van der Waals surface area contributed by atoms with Crippen molar-refractivity contribution in [2.75, 3.05) is 19.1 Å². The van der Waals surface area contributed by atoms with Crippen LogP contribution in [0.15, 0.2) is 0 Å². The minimum absolute atomic E-state index is 0.0213. The Morgan fingerprint density at radius 3 is 2.69 bits per heavy atom. The van der Waals surface area contributed by atoms with E-state index in [1.54, 1.807) is 0 Å². The predicted octanol–water partition coefficient (Wildman–Crippen LogP) is 2.18. The van der Waals surface area contributed by atoms with Gasteiger partial charge in [0.1, 0.15) is 6.61 Å². The molecule has 1 amide bonds. The Morgan fingerprint density at radius 2 is 2.19 bits per heavy atom. The number of nitrogens with one attached hydrogen (secondary N) is 1. The predicted molar refractivity (Wildman–Crippen MR) is 59.0 cm³/mol. The van der Waals surface area contributed by atoms with E-state index in [1.165, 1.54) is 0 Å². The van der Waals surface area contributed by atoms with Crippen LogP contribution in [-0.2, 0) is 9.53 Å². The summed E-state index contributed by atoms with van der Waals surface area (Å²) in [7, 11) is 0. The minimum Gasteiger partial charge on any atom is -0.375 e. The molecular formula is C10H18ClF2NO2. The molecule has 0 aromatic carbocycles. The molecule has 0 rings (SSSR count). The Kier molecular flexibility index (Phi) is 9.52. The van der Waals surface area contributed by atoms with Crippen molar-refractivity contribution in [3.05, 3.63) is 0 Å². The van der Waals surface area contributed by atoms with Crippen LogP contribution in [-0.4, -0.2) is 37.5 Å². The molecule has 0 aromatic heterocycles. The zero-order valence-electron chi connectivity index (χ0n) is 9.35. The van der Waals surface area contributed by atoms with Crippen molar-refractivity contribution >= 4 is 17.5 Å². The Hall–Kier alpha value is -0.420. The lowest BCUT2D eigenvalue weighted by Gasteiger charge is -2.15. The van der Waals surface area contributed by atoms with Crippen molar-refractivity contribution in [1.82, 2.24) is 5.32 Å². The molecule has 3 nitrogen and oxygen atoms in total. The Balaban J connectivity index is 3.56. The SMILES string of the molecule is CCC(CCCl)NC(=O)CCOCC(F)F. The van der Waals surface area contributed by atoms with E-state index in [0.717, 1.165) is 6.42 Å². The zero-order chi connectivity index (χ0) is 12.4.